The summed E-state index contributed by atoms with van der Waals surface area (Å²) >= 11 is 3.24. The number of nitriles is 1. The Balaban J connectivity index is 1.44. The molecule has 0 saturated carbocycles. The van der Waals surface area contributed by atoms with E-state index in [1.54, 1.807) is 22.7 Å². The molecule has 2 N–H and O–H groups in total. The number of anilines is 1. The van der Waals surface area contributed by atoms with Crippen molar-refractivity contribution in [3.05, 3.63) is 45.3 Å². The number of thiophene rings is 1. The minimum atomic E-state index is -0.0584. The number of benzene rings is 1. The van der Waals surface area contributed by atoms with Gasteiger partial charge >= 0.3 is 0 Å². The molecule has 0 radical (unpaired) electrons. The number of hydrogen-bond acceptors (Lipinski definition) is 5. The normalized spacial score (nSPS) is 15.3. The number of likely N-dealkylation sites (N-methyl/N-ethyl adjacent to an activating group) is 1. The highest BCUT2D eigenvalue weighted by molar-refractivity contribution is 7.18. The van der Waals surface area contributed by atoms with E-state index in [1.165, 1.54) is 9.58 Å². The number of aryl methyl sites for hydroxylation is 1. The quantitative estimate of drug-likeness (QED) is 0.695. The number of nitrogens with one attached hydrogen (secondary N) is 2. The third-order valence-electron chi connectivity index (χ3n) is 5.15. The lowest BCUT2D eigenvalue weighted by Crippen LogP contribution is -3.10. The third kappa shape index (κ3) is 3.48. The summed E-state index contributed by atoms with van der Waals surface area (Å²) in [6.07, 6.45) is 3.07. The molecule has 0 saturated heterocycles. The van der Waals surface area contributed by atoms with Crippen molar-refractivity contribution in [2.45, 2.75) is 32.2 Å². The molecular weight excluding hydrogens is 376 g/mol. The molecule has 0 bridgehead atoms. The molecule has 0 aliphatic heterocycles. The van der Waals surface area contributed by atoms with Crippen LogP contribution in [0.3, 0.4) is 0 Å². The lowest BCUT2D eigenvalue weighted by atomic mass is 10.1. The van der Waals surface area contributed by atoms with Gasteiger partial charge in [-0.25, -0.2) is 4.98 Å². The van der Waals surface area contributed by atoms with Gasteiger partial charge in [-0.05, 0) is 43.9 Å². The maximum atomic E-state index is 12.6. The maximum Gasteiger partial charge on any atom is 0.280 e. The number of rotatable bonds is 5. The van der Waals surface area contributed by atoms with Crippen LogP contribution < -0.4 is 10.2 Å². The van der Waals surface area contributed by atoms with Crippen LogP contribution in [0.15, 0.2) is 24.3 Å². The summed E-state index contributed by atoms with van der Waals surface area (Å²) < 4.78 is 1.17. The topological polar surface area (TPSA) is 70.2 Å². The number of fused-ring (bicyclic) bond motifs is 2. The lowest BCUT2D eigenvalue weighted by molar-refractivity contribution is -0.902. The Morgan fingerprint density at radius 1 is 1.37 bits per heavy atom. The molecule has 0 fully saturated rings. The summed E-state index contributed by atoms with van der Waals surface area (Å²) in [4.78, 5) is 19.6. The smallest absolute Gasteiger partial charge is 0.280 e. The molecular formula is C20H21N4OS2+. The number of para-hydroxylation sites is 1. The molecule has 2 atom stereocenters. The highest BCUT2D eigenvalue weighted by atomic mass is 32.1. The van der Waals surface area contributed by atoms with Gasteiger partial charge in [0.15, 0.2) is 11.6 Å². The Morgan fingerprint density at radius 3 is 2.96 bits per heavy atom. The Bertz CT molecular complexity index is 1010. The van der Waals surface area contributed by atoms with E-state index in [0.717, 1.165) is 40.3 Å². The summed E-state index contributed by atoms with van der Waals surface area (Å²) in [6.45, 7) is 2.44. The molecule has 0 spiro atoms. The van der Waals surface area contributed by atoms with Crippen molar-refractivity contribution in [3.8, 4) is 6.07 Å². The van der Waals surface area contributed by atoms with E-state index in [2.05, 4.69) is 24.4 Å². The number of carbonyl (C=O) groups is 1. The summed E-state index contributed by atoms with van der Waals surface area (Å²) in [5.74, 6) is -0.0584. The average molecular weight is 398 g/mol. The first-order chi connectivity index (χ1) is 13.1. The minimum absolute atomic E-state index is 0.0584. The van der Waals surface area contributed by atoms with Gasteiger partial charge < -0.3 is 10.2 Å². The summed E-state index contributed by atoms with van der Waals surface area (Å²) in [5.41, 5.74) is 2.81. The van der Waals surface area contributed by atoms with Crippen LogP contribution in [0.4, 0.5) is 5.00 Å². The standard InChI is InChI=1S/C20H20N4OS2/c1-12(19-22-15-7-3-4-8-17(15)27-19)24(2)11-18(25)23-20-14(10-21)13-6-5-9-16(13)26-20/h3-4,7-8,12H,5-6,9,11H2,1-2H3,(H,23,25)/p+1/t12-/m1/s1. The zero-order valence-electron chi connectivity index (χ0n) is 15.3. The van der Waals surface area contributed by atoms with E-state index >= 15 is 0 Å². The minimum Gasteiger partial charge on any atom is -0.322 e. The molecule has 2 aromatic heterocycles. The van der Waals surface area contributed by atoms with Crippen LogP contribution in [0.25, 0.3) is 10.2 Å². The molecule has 1 aliphatic carbocycles. The van der Waals surface area contributed by atoms with Crippen LogP contribution in [0.5, 0.6) is 0 Å². The molecule has 1 amide bonds. The second kappa shape index (κ2) is 7.39. The number of nitrogens with zero attached hydrogens (tertiary/aromatic N) is 2. The number of hydrogen-bond donors (Lipinski definition) is 2. The molecule has 27 heavy (non-hydrogen) atoms. The first kappa shape index (κ1) is 18.1. The van der Waals surface area contributed by atoms with Crippen molar-refractivity contribution >= 4 is 43.8 Å². The first-order valence-corrected chi connectivity index (χ1v) is 10.7. The van der Waals surface area contributed by atoms with Gasteiger partial charge in [0.2, 0.25) is 0 Å². The maximum absolute atomic E-state index is 12.6. The van der Waals surface area contributed by atoms with Gasteiger partial charge in [-0.2, -0.15) is 5.26 Å². The molecule has 1 unspecified atom stereocenters. The van der Waals surface area contributed by atoms with Crippen molar-refractivity contribution < 1.29 is 9.69 Å². The molecule has 3 aromatic rings. The Kier molecular flexibility index (Phi) is 4.96. The fourth-order valence-corrected chi connectivity index (χ4v) is 5.84. The van der Waals surface area contributed by atoms with Gasteiger partial charge in [-0.1, -0.05) is 12.1 Å². The van der Waals surface area contributed by atoms with Crippen molar-refractivity contribution in [1.29, 1.82) is 5.26 Å². The van der Waals surface area contributed by atoms with Crippen LogP contribution in [-0.4, -0.2) is 24.5 Å². The van der Waals surface area contributed by atoms with Crippen LogP contribution in [-0.2, 0) is 17.6 Å². The zero-order chi connectivity index (χ0) is 19.0. The molecule has 7 heteroatoms. The van der Waals surface area contributed by atoms with Crippen molar-refractivity contribution in [2.75, 3.05) is 18.9 Å². The Hall–Kier alpha value is -2.27. The molecule has 1 aliphatic rings. The second-order valence-electron chi connectivity index (χ2n) is 6.99. The predicted molar refractivity (Wildman–Crippen MR) is 109 cm³/mol. The highest BCUT2D eigenvalue weighted by Gasteiger charge is 2.25. The molecule has 4 rings (SSSR count). The molecule has 5 nitrogen and oxygen atoms in total. The highest BCUT2D eigenvalue weighted by Crippen LogP contribution is 2.38. The second-order valence-corrected chi connectivity index (χ2v) is 9.15. The van der Waals surface area contributed by atoms with Gasteiger partial charge in [0, 0.05) is 4.88 Å². The predicted octanol–water partition coefficient (Wildman–Crippen LogP) is 2.93. The zero-order valence-corrected chi connectivity index (χ0v) is 17.0. The first-order valence-electron chi connectivity index (χ1n) is 9.09. The monoisotopic (exact) mass is 397 g/mol. The van der Waals surface area contributed by atoms with E-state index in [0.29, 0.717) is 17.1 Å². The third-order valence-corrected chi connectivity index (χ3v) is 7.57. The van der Waals surface area contributed by atoms with Crippen LogP contribution >= 0.6 is 22.7 Å². The largest absolute Gasteiger partial charge is 0.322 e. The summed E-state index contributed by atoms with van der Waals surface area (Å²) in [7, 11) is 2.01. The number of amides is 1. The van der Waals surface area contributed by atoms with Crippen LogP contribution in [0, 0.1) is 11.3 Å². The van der Waals surface area contributed by atoms with Crippen LogP contribution in [0.1, 0.15) is 40.4 Å². The summed E-state index contributed by atoms with van der Waals surface area (Å²) in [6, 6.07) is 10.5. The van der Waals surface area contributed by atoms with E-state index in [1.807, 2.05) is 25.2 Å². The van der Waals surface area contributed by atoms with Crippen molar-refractivity contribution in [3.63, 3.8) is 0 Å². The lowest BCUT2D eigenvalue weighted by Gasteiger charge is -2.19. The molecule has 2 heterocycles. The SMILES string of the molecule is C[C@H](c1nc2ccccc2s1)[NH+](C)CC(=O)Nc1sc2c(c1C#N)CCC2. The van der Waals surface area contributed by atoms with Gasteiger partial charge in [0.1, 0.15) is 17.1 Å². The number of thiazole rings is 1. The number of quaternary nitrogens is 1. The molecule has 1 aromatic carbocycles. The van der Waals surface area contributed by atoms with Gasteiger partial charge in [0.05, 0.1) is 22.8 Å². The summed E-state index contributed by atoms with van der Waals surface area (Å²) in [5, 5.41) is 14.2. The van der Waals surface area contributed by atoms with Gasteiger partial charge in [-0.15, -0.1) is 22.7 Å². The number of carbonyl (C=O) groups excluding carboxylic acids is 1. The van der Waals surface area contributed by atoms with Gasteiger partial charge in [-0.3, -0.25) is 4.79 Å². The average Bonchev–Trinajstić information content (AvgIpc) is 3.34. The van der Waals surface area contributed by atoms with E-state index in [9.17, 15) is 10.1 Å². The van der Waals surface area contributed by atoms with Crippen molar-refractivity contribution in [2.24, 2.45) is 0 Å². The molecule has 138 valence electrons. The van der Waals surface area contributed by atoms with Crippen molar-refractivity contribution in [1.82, 2.24) is 4.98 Å². The Labute approximate surface area is 166 Å². The van der Waals surface area contributed by atoms with E-state index in [-0.39, 0.29) is 11.9 Å². The Morgan fingerprint density at radius 2 is 2.19 bits per heavy atom. The van der Waals surface area contributed by atoms with Gasteiger partial charge in [0.25, 0.3) is 5.91 Å². The number of aromatic nitrogens is 1. The van der Waals surface area contributed by atoms with E-state index in [4.69, 9.17) is 4.98 Å². The fraction of sp³-hybridized carbons (Fsp3) is 0.350. The van der Waals surface area contributed by atoms with Crippen LogP contribution in [0.2, 0.25) is 0 Å². The fourth-order valence-electron chi connectivity index (χ4n) is 3.47. The van der Waals surface area contributed by atoms with E-state index < -0.39 is 0 Å².